The van der Waals surface area contributed by atoms with E-state index < -0.39 is 11.6 Å². The van der Waals surface area contributed by atoms with E-state index in [4.69, 9.17) is 9.47 Å². The summed E-state index contributed by atoms with van der Waals surface area (Å²) in [7, 11) is 0. The number of carbonyl (C=O) groups excluding carboxylic acids is 1. The standard InChI is InChI=1S/C21H31N3O3/c1-5-9-23-16-6-7-19-18(12-16)15(8-10-26-19)11-17(13-22)24-14-20(25)27-21(2,3)4/h6-7,12,15,17,23-24H,5,8-11,14H2,1-4H3. The Labute approximate surface area is 162 Å². The van der Waals surface area contributed by atoms with Gasteiger partial charge in [0, 0.05) is 12.2 Å². The van der Waals surface area contributed by atoms with E-state index in [2.05, 4.69) is 29.7 Å². The molecule has 0 bridgehead atoms. The van der Waals surface area contributed by atoms with Crippen molar-refractivity contribution >= 4 is 11.7 Å². The number of fused-ring (bicyclic) bond motifs is 1. The first-order valence-electron chi connectivity index (χ1n) is 9.68. The van der Waals surface area contributed by atoms with Crippen molar-refractivity contribution in [2.24, 2.45) is 0 Å². The second kappa shape index (κ2) is 9.61. The Morgan fingerprint density at radius 2 is 2.22 bits per heavy atom. The quantitative estimate of drug-likeness (QED) is 0.678. The van der Waals surface area contributed by atoms with Crippen molar-refractivity contribution in [1.82, 2.24) is 5.32 Å². The maximum absolute atomic E-state index is 11.9. The molecule has 0 spiro atoms. The van der Waals surface area contributed by atoms with Gasteiger partial charge in [0.05, 0.1) is 25.3 Å². The molecule has 6 heteroatoms. The Bertz CT molecular complexity index is 676. The zero-order valence-corrected chi connectivity index (χ0v) is 16.8. The predicted octanol–water partition coefficient (Wildman–Crippen LogP) is 3.59. The second-order valence-corrected chi connectivity index (χ2v) is 7.90. The average molecular weight is 373 g/mol. The van der Waals surface area contributed by atoms with Gasteiger partial charge in [-0.05, 0) is 69.7 Å². The molecule has 6 nitrogen and oxygen atoms in total. The third kappa shape index (κ3) is 6.76. The number of nitrogens with one attached hydrogen (secondary N) is 2. The molecule has 0 aromatic heterocycles. The highest BCUT2D eigenvalue weighted by atomic mass is 16.6. The molecule has 1 aromatic rings. The fourth-order valence-electron chi connectivity index (χ4n) is 3.14. The summed E-state index contributed by atoms with van der Waals surface area (Å²) in [5.41, 5.74) is 1.67. The predicted molar refractivity (Wildman–Crippen MR) is 106 cm³/mol. The van der Waals surface area contributed by atoms with Crippen LogP contribution >= 0.6 is 0 Å². The first-order valence-corrected chi connectivity index (χ1v) is 9.68. The Balaban J connectivity index is 2.00. The zero-order chi connectivity index (χ0) is 19.9. The van der Waals surface area contributed by atoms with Crippen molar-refractivity contribution < 1.29 is 14.3 Å². The lowest BCUT2D eigenvalue weighted by atomic mass is 9.87. The molecule has 2 N–H and O–H groups in total. The Morgan fingerprint density at radius 1 is 1.44 bits per heavy atom. The molecule has 2 rings (SSSR count). The topological polar surface area (TPSA) is 83.4 Å². The van der Waals surface area contributed by atoms with E-state index in [1.165, 1.54) is 0 Å². The SMILES string of the molecule is CCCNc1ccc2c(c1)C(CC(C#N)NCC(=O)OC(C)(C)C)CCO2. The first kappa shape index (κ1) is 21.0. The number of hydrogen-bond acceptors (Lipinski definition) is 6. The van der Waals surface area contributed by atoms with E-state index in [0.29, 0.717) is 13.0 Å². The number of benzene rings is 1. The normalized spacial score (nSPS) is 17.2. The van der Waals surface area contributed by atoms with Crippen LogP contribution in [0.2, 0.25) is 0 Å². The first-order chi connectivity index (χ1) is 12.8. The van der Waals surface area contributed by atoms with Crippen molar-refractivity contribution in [3.05, 3.63) is 23.8 Å². The molecule has 0 saturated carbocycles. The van der Waals surface area contributed by atoms with Crippen molar-refractivity contribution in [3.63, 3.8) is 0 Å². The van der Waals surface area contributed by atoms with Crippen molar-refractivity contribution in [2.75, 3.05) is 25.0 Å². The molecule has 2 atom stereocenters. The van der Waals surface area contributed by atoms with Crippen LogP contribution in [0.3, 0.4) is 0 Å². The van der Waals surface area contributed by atoms with Crippen molar-refractivity contribution in [2.45, 2.75) is 64.5 Å². The Kier molecular flexibility index (Phi) is 7.49. The van der Waals surface area contributed by atoms with Crippen LogP contribution < -0.4 is 15.4 Å². The zero-order valence-electron chi connectivity index (χ0n) is 16.8. The van der Waals surface area contributed by atoms with Crippen LogP contribution in [0.25, 0.3) is 0 Å². The number of esters is 1. The van der Waals surface area contributed by atoms with E-state index in [1.54, 1.807) is 0 Å². The number of hydrogen-bond donors (Lipinski definition) is 2. The molecule has 27 heavy (non-hydrogen) atoms. The summed E-state index contributed by atoms with van der Waals surface area (Å²) in [6.07, 6.45) is 2.55. The van der Waals surface area contributed by atoms with Gasteiger partial charge < -0.3 is 14.8 Å². The van der Waals surface area contributed by atoms with Gasteiger partial charge in [-0.1, -0.05) is 6.92 Å². The van der Waals surface area contributed by atoms with Crippen molar-refractivity contribution in [1.29, 1.82) is 5.26 Å². The third-order valence-corrected chi connectivity index (χ3v) is 4.34. The smallest absolute Gasteiger partial charge is 0.320 e. The minimum Gasteiger partial charge on any atom is -0.493 e. The van der Waals surface area contributed by atoms with Crippen LogP contribution in [0.15, 0.2) is 18.2 Å². The molecule has 148 valence electrons. The highest BCUT2D eigenvalue weighted by molar-refractivity contribution is 5.72. The van der Waals surface area contributed by atoms with Crippen LogP contribution in [-0.4, -0.2) is 37.3 Å². The molecule has 0 amide bonds. The summed E-state index contributed by atoms with van der Waals surface area (Å²) < 4.78 is 11.1. The summed E-state index contributed by atoms with van der Waals surface area (Å²) in [5, 5.41) is 15.9. The van der Waals surface area contributed by atoms with Gasteiger partial charge >= 0.3 is 5.97 Å². The second-order valence-electron chi connectivity index (χ2n) is 7.90. The summed E-state index contributed by atoms with van der Waals surface area (Å²) in [4.78, 5) is 11.9. The highest BCUT2D eigenvalue weighted by Crippen LogP contribution is 2.38. The number of anilines is 1. The van der Waals surface area contributed by atoms with E-state index in [-0.39, 0.29) is 18.4 Å². The van der Waals surface area contributed by atoms with E-state index in [0.717, 1.165) is 36.4 Å². The van der Waals surface area contributed by atoms with Gasteiger partial charge in [-0.3, -0.25) is 10.1 Å². The van der Waals surface area contributed by atoms with Gasteiger partial charge in [0.15, 0.2) is 0 Å². The number of nitriles is 1. The Hall–Kier alpha value is -2.26. The number of nitrogens with zero attached hydrogens (tertiary/aromatic N) is 1. The molecule has 0 fully saturated rings. The third-order valence-electron chi connectivity index (χ3n) is 4.34. The minimum atomic E-state index is -0.525. The Morgan fingerprint density at radius 3 is 2.89 bits per heavy atom. The average Bonchev–Trinajstić information content (AvgIpc) is 2.62. The van der Waals surface area contributed by atoms with Gasteiger partial charge in [-0.2, -0.15) is 5.26 Å². The molecule has 2 unspecified atom stereocenters. The monoisotopic (exact) mass is 373 g/mol. The van der Waals surface area contributed by atoms with Crippen molar-refractivity contribution in [3.8, 4) is 11.8 Å². The van der Waals surface area contributed by atoms with Crippen LogP contribution in [-0.2, 0) is 9.53 Å². The summed E-state index contributed by atoms with van der Waals surface area (Å²) in [6.45, 7) is 9.21. The van der Waals surface area contributed by atoms with Gasteiger partial charge in [-0.25, -0.2) is 0 Å². The van der Waals surface area contributed by atoms with Crippen LogP contribution in [0.5, 0.6) is 5.75 Å². The van der Waals surface area contributed by atoms with E-state index in [9.17, 15) is 10.1 Å². The highest BCUT2D eigenvalue weighted by Gasteiger charge is 2.26. The molecule has 1 heterocycles. The lowest BCUT2D eigenvalue weighted by molar-refractivity contribution is -0.153. The fourth-order valence-corrected chi connectivity index (χ4v) is 3.14. The van der Waals surface area contributed by atoms with Crippen LogP contribution in [0, 0.1) is 11.3 Å². The van der Waals surface area contributed by atoms with Crippen LogP contribution in [0.4, 0.5) is 5.69 Å². The van der Waals surface area contributed by atoms with Gasteiger partial charge in [0.2, 0.25) is 0 Å². The number of rotatable bonds is 8. The van der Waals surface area contributed by atoms with E-state index >= 15 is 0 Å². The maximum Gasteiger partial charge on any atom is 0.320 e. The number of carbonyl (C=O) groups is 1. The fraction of sp³-hybridized carbons (Fsp3) is 0.619. The summed E-state index contributed by atoms with van der Waals surface area (Å²) >= 11 is 0. The largest absolute Gasteiger partial charge is 0.493 e. The van der Waals surface area contributed by atoms with Crippen LogP contribution in [0.1, 0.15) is 58.4 Å². The molecule has 1 aliphatic rings. The molecular formula is C21H31N3O3. The van der Waals surface area contributed by atoms with Gasteiger partial charge in [-0.15, -0.1) is 0 Å². The lowest BCUT2D eigenvalue weighted by Gasteiger charge is -2.28. The summed E-state index contributed by atoms with van der Waals surface area (Å²) in [6, 6.07) is 8.00. The van der Waals surface area contributed by atoms with E-state index in [1.807, 2.05) is 32.9 Å². The number of ether oxygens (including phenoxy) is 2. The molecule has 0 saturated heterocycles. The minimum absolute atomic E-state index is 0.0314. The molecule has 1 aromatic carbocycles. The molecule has 0 aliphatic carbocycles. The van der Waals surface area contributed by atoms with Gasteiger partial charge in [0.1, 0.15) is 11.4 Å². The molecular weight excluding hydrogens is 342 g/mol. The maximum atomic E-state index is 11.9. The molecule has 1 aliphatic heterocycles. The summed E-state index contributed by atoms with van der Waals surface area (Å²) in [5.74, 6) is 0.756. The van der Waals surface area contributed by atoms with Gasteiger partial charge in [0.25, 0.3) is 0 Å². The molecule has 0 radical (unpaired) electrons. The lowest BCUT2D eigenvalue weighted by Crippen LogP contribution is -2.37.